The third kappa shape index (κ3) is 6.20. The van der Waals surface area contributed by atoms with Gasteiger partial charge >= 0.3 is 0 Å². The first-order chi connectivity index (χ1) is 15.0. The van der Waals surface area contributed by atoms with Gasteiger partial charge in [0, 0.05) is 17.1 Å². The molecule has 2 amide bonds. The molecule has 0 spiro atoms. The number of amides is 2. The van der Waals surface area contributed by atoms with Gasteiger partial charge in [-0.2, -0.15) is 0 Å². The minimum Gasteiger partial charge on any atom is -0.371 e. The number of rotatable bonds is 8. The number of nitrogens with one attached hydrogen (secondary N) is 3. The quantitative estimate of drug-likeness (QED) is 0.534. The minimum atomic E-state index is -3.74. The largest absolute Gasteiger partial charge is 0.371 e. The summed E-state index contributed by atoms with van der Waals surface area (Å²) in [5, 5.41) is 8.43. The van der Waals surface area contributed by atoms with Gasteiger partial charge in [-0.3, -0.25) is 9.59 Å². The van der Waals surface area contributed by atoms with Crippen LogP contribution < -0.4 is 16.0 Å². The molecular formula is C22H25ClFN3O4S. The van der Waals surface area contributed by atoms with Crippen LogP contribution in [0.5, 0.6) is 0 Å². The highest BCUT2D eigenvalue weighted by Crippen LogP contribution is 2.29. The van der Waals surface area contributed by atoms with Gasteiger partial charge in [-0.1, -0.05) is 31.5 Å². The normalized spacial score (nSPS) is 15.7. The number of hydrogen-bond donors (Lipinski definition) is 3. The Kier molecular flexibility index (Phi) is 7.40. The van der Waals surface area contributed by atoms with Crippen LogP contribution in [0.3, 0.4) is 0 Å². The van der Waals surface area contributed by atoms with E-state index in [1.165, 1.54) is 6.07 Å². The lowest BCUT2D eigenvalue weighted by Gasteiger charge is -2.27. The van der Waals surface area contributed by atoms with E-state index in [4.69, 9.17) is 11.6 Å². The molecule has 7 nitrogen and oxygen atoms in total. The average Bonchev–Trinajstić information content (AvgIpc) is 2.69. The van der Waals surface area contributed by atoms with Crippen LogP contribution in [0, 0.1) is 11.7 Å². The molecule has 0 saturated heterocycles. The lowest BCUT2D eigenvalue weighted by molar-refractivity contribution is -0.116. The molecule has 1 unspecified atom stereocenters. The predicted molar refractivity (Wildman–Crippen MR) is 123 cm³/mol. The molecule has 3 rings (SSSR count). The molecule has 2 aromatic rings. The molecule has 10 heteroatoms. The Morgan fingerprint density at radius 1 is 1.19 bits per heavy atom. The molecule has 172 valence electrons. The summed E-state index contributed by atoms with van der Waals surface area (Å²) in [4.78, 5) is 24.8. The van der Waals surface area contributed by atoms with Crippen LogP contribution >= 0.6 is 11.6 Å². The van der Waals surface area contributed by atoms with Crippen molar-refractivity contribution in [1.82, 2.24) is 5.32 Å². The number of fused-ring (bicyclic) bond motifs is 1. The number of carbonyl (C=O) groups is 2. The van der Waals surface area contributed by atoms with Crippen LogP contribution in [0.15, 0.2) is 36.4 Å². The Bertz CT molecular complexity index is 1140. The first kappa shape index (κ1) is 24.0. The Hall–Kier alpha value is -2.65. The molecule has 0 radical (unpaired) electrons. The lowest BCUT2D eigenvalue weighted by Crippen LogP contribution is -2.43. The summed E-state index contributed by atoms with van der Waals surface area (Å²) in [6.07, 6.45) is 0.855. The van der Waals surface area contributed by atoms with Crippen LogP contribution in [-0.4, -0.2) is 38.6 Å². The second kappa shape index (κ2) is 9.87. The van der Waals surface area contributed by atoms with E-state index in [-0.39, 0.29) is 16.5 Å². The van der Waals surface area contributed by atoms with E-state index in [0.717, 1.165) is 18.6 Å². The minimum absolute atomic E-state index is 0.0131. The van der Waals surface area contributed by atoms with Gasteiger partial charge in [0.05, 0.1) is 22.9 Å². The highest BCUT2D eigenvalue weighted by atomic mass is 35.5. The van der Waals surface area contributed by atoms with E-state index in [1.807, 2.05) is 0 Å². The summed E-state index contributed by atoms with van der Waals surface area (Å²) in [5.74, 6) is -1.75. The Labute approximate surface area is 191 Å². The molecule has 1 atom stereocenters. The average molecular weight is 482 g/mol. The van der Waals surface area contributed by atoms with Gasteiger partial charge in [0.15, 0.2) is 9.84 Å². The van der Waals surface area contributed by atoms with Crippen LogP contribution in [0.1, 0.15) is 36.2 Å². The second-order valence-electron chi connectivity index (χ2n) is 8.18. The first-order valence-corrected chi connectivity index (χ1v) is 12.4. The molecule has 3 N–H and O–H groups in total. The van der Waals surface area contributed by atoms with Crippen LogP contribution in [-0.2, 0) is 20.4 Å². The van der Waals surface area contributed by atoms with Gasteiger partial charge in [-0.15, -0.1) is 0 Å². The monoisotopic (exact) mass is 481 g/mol. The number of sulfone groups is 1. The molecule has 1 aliphatic rings. The van der Waals surface area contributed by atoms with Crippen molar-refractivity contribution in [3.8, 4) is 0 Å². The number of halogens is 2. The highest BCUT2D eigenvalue weighted by molar-refractivity contribution is 7.90. The van der Waals surface area contributed by atoms with Gasteiger partial charge in [-0.05, 0) is 48.2 Å². The fourth-order valence-corrected chi connectivity index (χ4v) is 5.17. The maximum atomic E-state index is 13.2. The van der Waals surface area contributed by atoms with E-state index in [9.17, 15) is 22.4 Å². The van der Waals surface area contributed by atoms with E-state index < -0.39 is 39.1 Å². The van der Waals surface area contributed by atoms with Crippen molar-refractivity contribution >= 4 is 44.6 Å². The standard InChI is InChI=1S/C22H25ClFN3O4S/c1-13(2)7-8-25-21(28)14-4-6-18-19(9-14)27-22(29)20(26-18)12-32(30,31)11-15-3-5-16(24)10-17(15)23/h3-6,9-10,13,20,26H,7-8,11-12H2,1-2H3,(H,25,28)(H,27,29). The Morgan fingerprint density at radius 3 is 2.62 bits per heavy atom. The summed E-state index contributed by atoms with van der Waals surface area (Å²) in [6.45, 7) is 4.68. The number of hydrogen-bond acceptors (Lipinski definition) is 5. The lowest BCUT2D eigenvalue weighted by atomic mass is 10.1. The maximum absolute atomic E-state index is 13.2. The maximum Gasteiger partial charge on any atom is 0.251 e. The molecule has 1 aliphatic heterocycles. The Balaban J connectivity index is 1.67. The van der Waals surface area contributed by atoms with Crippen molar-refractivity contribution in [2.45, 2.75) is 32.1 Å². The summed E-state index contributed by atoms with van der Waals surface area (Å²) in [7, 11) is -3.74. The molecule has 0 aromatic heterocycles. The molecule has 0 bridgehead atoms. The molecule has 1 heterocycles. The molecule has 0 saturated carbocycles. The van der Waals surface area contributed by atoms with Crippen molar-refractivity contribution in [1.29, 1.82) is 0 Å². The van der Waals surface area contributed by atoms with Gasteiger partial charge in [0.1, 0.15) is 11.9 Å². The van der Waals surface area contributed by atoms with Crippen molar-refractivity contribution in [2.24, 2.45) is 5.92 Å². The zero-order valence-electron chi connectivity index (χ0n) is 17.7. The SMILES string of the molecule is CC(C)CCNC(=O)c1ccc2c(c1)NC(=O)C(CS(=O)(=O)Cc1ccc(F)cc1Cl)N2. The summed E-state index contributed by atoms with van der Waals surface area (Å²) in [5.41, 5.74) is 1.58. The molecule has 0 fully saturated rings. The molecular weight excluding hydrogens is 457 g/mol. The van der Waals surface area contributed by atoms with Crippen molar-refractivity contribution in [3.05, 3.63) is 58.4 Å². The highest BCUT2D eigenvalue weighted by Gasteiger charge is 2.31. The van der Waals surface area contributed by atoms with Crippen molar-refractivity contribution in [3.63, 3.8) is 0 Å². The summed E-state index contributed by atoms with van der Waals surface area (Å²) >= 11 is 5.93. The van der Waals surface area contributed by atoms with Gasteiger partial charge in [0.25, 0.3) is 5.91 Å². The van der Waals surface area contributed by atoms with E-state index in [2.05, 4.69) is 29.8 Å². The van der Waals surface area contributed by atoms with Crippen LogP contribution in [0.2, 0.25) is 5.02 Å². The second-order valence-corrected chi connectivity index (χ2v) is 10.7. The number of anilines is 2. The molecule has 2 aromatic carbocycles. The van der Waals surface area contributed by atoms with Gasteiger partial charge in [-0.25, -0.2) is 12.8 Å². The van der Waals surface area contributed by atoms with Crippen molar-refractivity contribution < 1.29 is 22.4 Å². The topological polar surface area (TPSA) is 104 Å². The fraction of sp³-hybridized carbons (Fsp3) is 0.364. The predicted octanol–water partition coefficient (Wildman–Crippen LogP) is 3.60. The zero-order chi connectivity index (χ0) is 23.5. The smallest absolute Gasteiger partial charge is 0.251 e. The number of benzene rings is 2. The third-order valence-electron chi connectivity index (χ3n) is 5.00. The molecule has 0 aliphatic carbocycles. The van der Waals surface area contributed by atoms with Gasteiger partial charge in [0.2, 0.25) is 5.91 Å². The van der Waals surface area contributed by atoms with Crippen LogP contribution in [0.25, 0.3) is 0 Å². The number of carbonyl (C=O) groups excluding carboxylic acids is 2. The van der Waals surface area contributed by atoms with E-state index in [0.29, 0.717) is 29.4 Å². The summed E-state index contributed by atoms with van der Waals surface area (Å²) < 4.78 is 38.5. The fourth-order valence-electron chi connectivity index (χ4n) is 3.27. The first-order valence-electron chi connectivity index (χ1n) is 10.2. The van der Waals surface area contributed by atoms with E-state index in [1.54, 1.807) is 18.2 Å². The zero-order valence-corrected chi connectivity index (χ0v) is 19.3. The van der Waals surface area contributed by atoms with E-state index >= 15 is 0 Å². The van der Waals surface area contributed by atoms with Gasteiger partial charge < -0.3 is 16.0 Å². The van der Waals surface area contributed by atoms with Crippen molar-refractivity contribution in [2.75, 3.05) is 22.9 Å². The van der Waals surface area contributed by atoms with Crippen LogP contribution in [0.4, 0.5) is 15.8 Å². The summed E-state index contributed by atoms with van der Waals surface area (Å²) in [6, 6.07) is 7.26. The third-order valence-corrected chi connectivity index (χ3v) is 6.95. The Morgan fingerprint density at radius 2 is 1.94 bits per heavy atom. The molecule has 32 heavy (non-hydrogen) atoms.